The molecule has 2 aromatic heterocycles. The van der Waals surface area contributed by atoms with Gasteiger partial charge in [-0.3, -0.25) is 0 Å². The summed E-state index contributed by atoms with van der Waals surface area (Å²) in [5.41, 5.74) is 7.64. The fourth-order valence-corrected chi connectivity index (χ4v) is 1.49. The Morgan fingerprint density at radius 2 is 2.40 bits per heavy atom. The van der Waals surface area contributed by atoms with Crippen LogP contribution in [0.2, 0.25) is 0 Å². The van der Waals surface area contributed by atoms with Crippen LogP contribution >= 0.6 is 0 Å². The number of nitrogens with zero attached hydrogens (tertiary/aromatic N) is 3. The maximum atomic E-state index is 5.62. The van der Waals surface area contributed by atoms with Gasteiger partial charge in [0.25, 0.3) is 0 Å². The Bertz CT molecular complexity index is 465. The Hall–Kier alpha value is -1.62. The van der Waals surface area contributed by atoms with E-state index in [4.69, 9.17) is 10.5 Å². The summed E-state index contributed by atoms with van der Waals surface area (Å²) in [4.78, 5) is 4.04. The van der Waals surface area contributed by atoms with Crippen LogP contribution in [0.1, 0.15) is 18.4 Å². The van der Waals surface area contributed by atoms with E-state index < -0.39 is 0 Å². The first-order valence-corrected chi connectivity index (χ1v) is 4.83. The highest BCUT2D eigenvalue weighted by molar-refractivity contribution is 5.58. The SMILES string of the molecule is COc1ncnn2cc(C(C)CN)cc12. The first-order valence-electron chi connectivity index (χ1n) is 4.83. The number of hydrogen-bond donors (Lipinski definition) is 1. The maximum absolute atomic E-state index is 5.62. The summed E-state index contributed by atoms with van der Waals surface area (Å²) in [5.74, 6) is 0.900. The minimum atomic E-state index is 0.316. The molecule has 2 heterocycles. The van der Waals surface area contributed by atoms with E-state index in [0.717, 1.165) is 11.1 Å². The number of aromatic nitrogens is 3. The highest BCUT2D eigenvalue weighted by Gasteiger charge is 2.10. The molecule has 2 aromatic rings. The minimum Gasteiger partial charge on any atom is -0.479 e. The zero-order chi connectivity index (χ0) is 10.8. The Kier molecular flexibility index (Phi) is 2.55. The van der Waals surface area contributed by atoms with Crippen molar-refractivity contribution in [1.29, 1.82) is 0 Å². The van der Waals surface area contributed by atoms with Gasteiger partial charge in [0.15, 0.2) is 0 Å². The van der Waals surface area contributed by atoms with Gasteiger partial charge in [-0.05, 0) is 24.1 Å². The highest BCUT2D eigenvalue weighted by Crippen LogP contribution is 2.22. The van der Waals surface area contributed by atoms with Crippen LogP contribution in [-0.2, 0) is 0 Å². The van der Waals surface area contributed by atoms with Crippen LogP contribution in [0.15, 0.2) is 18.6 Å². The number of nitrogens with two attached hydrogens (primary N) is 1. The Morgan fingerprint density at radius 3 is 3.07 bits per heavy atom. The molecule has 0 aliphatic rings. The number of fused-ring (bicyclic) bond motifs is 1. The first kappa shape index (κ1) is 9.92. The van der Waals surface area contributed by atoms with Gasteiger partial charge in [-0.2, -0.15) is 10.1 Å². The van der Waals surface area contributed by atoms with E-state index in [1.165, 1.54) is 6.33 Å². The van der Waals surface area contributed by atoms with Crippen molar-refractivity contribution in [3.8, 4) is 5.88 Å². The quantitative estimate of drug-likeness (QED) is 0.806. The second-order valence-electron chi connectivity index (χ2n) is 3.51. The lowest BCUT2D eigenvalue weighted by atomic mass is 10.1. The number of rotatable bonds is 3. The number of ether oxygens (including phenoxy) is 1. The predicted octanol–water partition coefficient (Wildman–Crippen LogP) is 0.800. The van der Waals surface area contributed by atoms with Gasteiger partial charge in [-0.1, -0.05) is 6.92 Å². The molecule has 80 valence electrons. The summed E-state index contributed by atoms with van der Waals surface area (Å²) in [6.07, 6.45) is 3.43. The van der Waals surface area contributed by atoms with Crippen molar-refractivity contribution >= 4 is 5.52 Å². The van der Waals surface area contributed by atoms with Gasteiger partial charge in [0.1, 0.15) is 11.8 Å². The molecule has 1 atom stereocenters. The van der Waals surface area contributed by atoms with Gasteiger partial charge in [0.05, 0.1) is 7.11 Å². The molecule has 15 heavy (non-hydrogen) atoms. The molecule has 2 rings (SSSR count). The van der Waals surface area contributed by atoms with Crippen LogP contribution < -0.4 is 10.5 Å². The second kappa shape index (κ2) is 3.86. The lowest BCUT2D eigenvalue weighted by Crippen LogP contribution is -2.07. The van der Waals surface area contributed by atoms with Crippen molar-refractivity contribution in [3.63, 3.8) is 0 Å². The molecular formula is C10H14N4O. The molecule has 0 spiro atoms. The normalized spacial score (nSPS) is 13.0. The average Bonchev–Trinajstić information content (AvgIpc) is 2.71. The summed E-state index contributed by atoms with van der Waals surface area (Å²) in [6.45, 7) is 2.70. The Labute approximate surface area is 87.9 Å². The summed E-state index contributed by atoms with van der Waals surface area (Å²) in [5, 5.41) is 4.11. The molecule has 0 saturated carbocycles. The summed E-state index contributed by atoms with van der Waals surface area (Å²) < 4.78 is 6.91. The summed E-state index contributed by atoms with van der Waals surface area (Å²) in [7, 11) is 1.60. The molecule has 1 unspecified atom stereocenters. The van der Waals surface area contributed by atoms with Crippen LogP contribution in [0.25, 0.3) is 5.52 Å². The standard InChI is InChI=1S/C10H14N4O/c1-7(4-11)8-3-9-10(15-2)12-6-13-14(9)5-8/h3,5-7H,4,11H2,1-2H3. The highest BCUT2D eigenvalue weighted by atomic mass is 16.5. The molecule has 0 saturated heterocycles. The third-order valence-electron chi connectivity index (χ3n) is 2.51. The van der Waals surface area contributed by atoms with Crippen LogP contribution in [0.3, 0.4) is 0 Å². The molecule has 0 fully saturated rings. The van der Waals surface area contributed by atoms with Crippen molar-refractivity contribution < 1.29 is 4.74 Å². The van der Waals surface area contributed by atoms with E-state index in [1.54, 1.807) is 11.6 Å². The lowest BCUT2D eigenvalue weighted by molar-refractivity contribution is 0.399. The molecule has 0 amide bonds. The average molecular weight is 206 g/mol. The van der Waals surface area contributed by atoms with Crippen molar-refractivity contribution in [2.45, 2.75) is 12.8 Å². The molecule has 0 aliphatic heterocycles. The smallest absolute Gasteiger partial charge is 0.241 e. The fraction of sp³-hybridized carbons (Fsp3) is 0.400. The van der Waals surface area contributed by atoms with E-state index in [1.807, 2.05) is 12.3 Å². The van der Waals surface area contributed by atoms with Crippen molar-refractivity contribution in [3.05, 3.63) is 24.2 Å². The van der Waals surface area contributed by atoms with E-state index in [-0.39, 0.29) is 0 Å². The molecule has 2 N–H and O–H groups in total. The van der Waals surface area contributed by atoms with Crippen LogP contribution in [0.5, 0.6) is 5.88 Å². The molecule has 5 nitrogen and oxygen atoms in total. The fourth-order valence-electron chi connectivity index (χ4n) is 1.49. The van der Waals surface area contributed by atoms with Gasteiger partial charge in [0.2, 0.25) is 5.88 Å². The Balaban J connectivity index is 2.55. The van der Waals surface area contributed by atoms with Crippen molar-refractivity contribution in [2.75, 3.05) is 13.7 Å². The molecule has 0 bridgehead atoms. The van der Waals surface area contributed by atoms with Crippen LogP contribution in [0, 0.1) is 0 Å². The third-order valence-corrected chi connectivity index (χ3v) is 2.51. The predicted molar refractivity (Wildman–Crippen MR) is 57.0 cm³/mol. The summed E-state index contributed by atoms with van der Waals surface area (Å²) >= 11 is 0. The van der Waals surface area contributed by atoms with Crippen LogP contribution in [0.4, 0.5) is 0 Å². The zero-order valence-corrected chi connectivity index (χ0v) is 8.84. The second-order valence-corrected chi connectivity index (χ2v) is 3.51. The molecule has 0 aliphatic carbocycles. The molecular weight excluding hydrogens is 192 g/mol. The Morgan fingerprint density at radius 1 is 1.60 bits per heavy atom. The van der Waals surface area contributed by atoms with Gasteiger partial charge < -0.3 is 10.5 Å². The lowest BCUT2D eigenvalue weighted by Gasteiger charge is -2.02. The minimum absolute atomic E-state index is 0.316. The van der Waals surface area contributed by atoms with Gasteiger partial charge in [-0.25, -0.2) is 4.52 Å². The monoisotopic (exact) mass is 206 g/mol. The van der Waals surface area contributed by atoms with Gasteiger partial charge in [0, 0.05) is 6.20 Å². The molecule has 0 radical (unpaired) electrons. The topological polar surface area (TPSA) is 65.4 Å². The number of methoxy groups -OCH3 is 1. The van der Waals surface area contributed by atoms with Crippen LogP contribution in [-0.4, -0.2) is 28.3 Å². The summed E-state index contributed by atoms with van der Waals surface area (Å²) in [6, 6.07) is 2.01. The van der Waals surface area contributed by atoms with E-state index >= 15 is 0 Å². The van der Waals surface area contributed by atoms with E-state index in [9.17, 15) is 0 Å². The van der Waals surface area contributed by atoms with Gasteiger partial charge in [-0.15, -0.1) is 0 Å². The maximum Gasteiger partial charge on any atom is 0.241 e. The number of hydrogen-bond acceptors (Lipinski definition) is 4. The van der Waals surface area contributed by atoms with Crippen molar-refractivity contribution in [1.82, 2.24) is 14.6 Å². The molecule has 5 heteroatoms. The zero-order valence-electron chi connectivity index (χ0n) is 8.84. The van der Waals surface area contributed by atoms with Gasteiger partial charge >= 0.3 is 0 Å². The molecule has 0 aromatic carbocycles. The third kappa shape index (κ3) is 1.66. The van der Waals surface area contributed by atoms with Crippen molar-refractivity contribution in [2.24, 2.45) is 5.73 Å². The van der Waals surface area contributed by atoms with E-state index in [2.05, 4.69) is 17.0 Å². The first-order chi connectivity index (χ1) is 7.26. The largest absolute Gasteiger partial charge is 0.479 e. The van der Waals surface area contributed by atoms with E-state index in [0.29, 0.717) is 18.3 Å².